The molecule has 5 aromatic rings. The number of oxazole rings is 1. The highest BCUT2D eigenvalue weighted by atomic mass is 79.9. The first-order valence-electron chi connectivity index (χ1n) is 8.96. The van der Waals surface area contributed by atoms with Crippen LogP contribution in [0.2, 0.25) is 0 Å². The van der Waals surface area contributed by atoms with E-state index in [4.69, 9.17) is 4.42 Å². The third-order valence-corrected chi connectivity index (χ3v) is 5.05. The second kappa shape index (κ2) is 7.53. The average molecular weight is 461 g/mol. The number of anilines is 1. The van der Waals surface area contributed by atoms with E-state index in [-0.39, 0.29) is 11.6 Å². The molecule has 0 saturated carbocycles. The number of benzene rings is 2. The molecule has 0 fully saturated rings. The van der Waals surface area contributed by atoms with Crippen molar-refractivity contribution in [1.29, 1.82) is 0 Å². The molecule has 1 N–H and O–H groups in total. The molecule has 0 radical (unpaired) electrons. The van der Waals surface area contributed by atoms with Gasteiger partial charge in [0.1, 0.15) is 29.7 Å². The molecule has 0 saturated heterocycles. The van der Waals surface area contributed by atoms with Gasteiger partial charge in [0, 0.05) is 15.7 Å². The highest BCUT2D eigenvalue weighted by Gasteiger charge is 2.15. The van der Waals surface area contributed by atoms with Gasteiger partial charge in [-0.15, -0.1) is 10.2 Å². The van der Waals surface area contributed by atoms with E-state index in [0.717, 1.165) is 16.7 Å². The third-order valence-electron chi connectivity index (χ3n) is 4.41. The fraction of sp³-hybridized carbons (Fsp3) is 0. The van der Waals surface area contributed by atoms with Crippen molar-refractivity contribution in [2.24, 2.45) is 0 Å². The summed E-state index contributed by atoms with van der Waals surface area (Å²) in [6.45, 7) is 0. The van der Waals surface area contributed by atoms with Crippen LogP contribution in [0, 0.1) is 0 Å². The van der Waals surface area contributed by atoms with Gasteiger partial charge in [-0.05, 0) is 64.5 Å². The van der Waals surface area contributed by atoms with E-state index >= 15 is 0 Å². The highest BCUT2D eigenvalue weighted by Crippen LogP contribution is 2.25. The molecule has 0 aliphatic carbocycles. The van der Waals surface area contributed by atoms with E-state index < -0.39 is 0 Å². The number of amides is 1. The molecule has 0 spiro atoms. The van der Waals surface area contributed by atoms with Crippen LogP contribution < -0.4 is 5.32 Å². The topological polar surface area (TPSA) is 98.7 Å². The van der Waals surface area contributed by atoms with Crippen molar-refractivity contribution in [3.8, 4) is 17.3 Å². The Labute approximate surface area is 178 Å². The Hall–Kier alpha value is -3.85. The van der Waals surface area contributed by atoms with E-state index in [1.54, 1.807) is 28.8 Å². The SMILES string of the molecule is O=C(Nc1ccc(-c2nc3ccccc3o2)cc1)c1nc(-n2cnnc2)ccc1Br. The summed E-state index contributed by atoms with van der Waals surface area (Å²) in [6.07, 6.45) is 3.03. The Bertz CT molecular complexity index is 1310. The zero-order valence-electron chi connectivity index (χ0n) is 15.4. The number of aromatic nitrogens is 5. The van der Waals surface area contributed by atoms with Crippen LogP contribution in [0.4, 0.5) is 5.69 Å². The predicted molar refractivity (Wildman–Crippen MR) is 114 cm³/mol. The number of fused-ring (bicyclic) bond motifs is 1. The summed E-state index contributed by atoms with van der Waals surface area (Å²) in [6, 6.07) is 18.4. The monoisotopic (exact) mass is 460 g/mol. The molecule has 146 valence electrons. The fourth-order valence-corrected chi connectivity index (χ4v) is 3.34. The van der Waals surface area contributed by atoms with Gasteiger partial charge in [0.25, 0.3) is 5.91 Å². The lowest BCUT2D eigenvalue weighted by Crippen LogP contribution is -2.15. The van der Waals surface area contributed by atoms with Crippen LogP contribution >= 0.6 is 15.9 Å². The van der Waals surface area contributed by atoms with Crippen LogP contribution in [0.25, 0.3) is 28.4 Å². The number of pyridine rings is 1. The molecule has 30 heavy (non-hydrogen) atoms. The highest BCUT2D eigenvalue weighted by molar-refractivity contribution is 9.10. The number of halogens is 1. The Kier molecular flexibility index (Phi) is 4.56. The lowest BCUT2D eigenvalue weighted by atomic mass is 10.2. The number of rotatable bonds is 4. The number of para-hydroxylation sites is 2. The summed E-state index contributed by atoms with van der Waals surface area (Å²) in [5, 5.41) is 10.4. The molecule has 0 unspecified atom stereocenters. The molecule has 2 aromatic carbocycles. The van der Waals surface area contributed by atoms with Crippen molar-refractivity contribution in [2.75, 3.05) is 5.32 Å². The van der Waals surface area contributed by atoms with Crippen molar-refractivity contribution in [3.05, 3.63) is 83.5 Å². The van der Waals surface area contributed by atoms with Crippen molar-refractivity contribution in [2.45, 2.75) is 0 Å². The van der Waals surface area contributed by atoms with E-state index in [9.17, 15) is 4.79 Å². The minimum atomic E-state index is -0.341. The molecule has 0 atom stereocenters. The fourth-order valence-electron chi connectivity index (χ4n) is 2.94. The average Bonchev–Trinajstić information content (AvgIpc) is 3.44. The standard InChI is InChI=1S/C21H13BrN6O2/c22-15-9-10-18(28-11-23-24-12-28)27-19(15)20(29)25-14-7-5-13(6-8-14)21-26-16-3-1-2-4-17(16)30-21/h1-12H,(H,25,29). The number of nitrogens with one attached hydrogen (secondary N) is 1. The van der Waals surface area contributed by atoms with Gasteiger partial charge in [0.2, 0.25) is 5.89 Å². The number of carbonyl (C=O) groups is 1. The Morgan fingerprint density at radius 2 is 1.70 bits per heavy atom. The van der Waals surface area contributed by atoms with E-state index in [2.05, 4.69) is 41.4 Å². The van der Waals surface area contributed by atoms with Gasteiger partial charge < -0.3 is 9.73 Å². The molecule has 0 aliphatic heterocycles. The van der Waals surface area contributed by atoms with Crippen LogP contribution in [-0.4, -0.2) is 30.6 Å². The summed E-state index contributed by atoms with van der Waals surface area (Å²) >= 11 is 3.38. The van der Waals surface area contributed by atoms with Crippen LogP contribution in [-0.2, 0) is 0 Å². The quantitative estimate of drug-likeness (QED) is 0.424. The van der Waals surface area contributed by atoms with Crippen LogP contribution in [0.1, 0.15) is 10.5 Å². The first kappa shape index (κ1) is 18.2. The zero-order valence-corrected chi connectivity index (χ0v) is 16.9. The van der Waals surface area contributed by atoms with E-state index in [0.29, 0.717) is 21.9 Å². The van der Waals surface area contributed by atoms with Crippen LogP contribution in [0.3, 0.4) is 0 Å². The number of hydrogen-bond acceptors (Lipinski definition) is 6. The van der Waals surface area contributed by atoms with Gasteiger partial charge in [-0.25, -0.2) is 9.97 Å². The zero-order chi connectivity index (χ0) is 20.5. The summed E-state index contributed by atoms with van der Waals surface area (Å²) in [4.78, 5) is 21.6. The number of nitrogens with zero attached hydrogens (tertiary/aromatic N) is 5. The summed E-state index contributed by atoms with van der Waals surface area (Å²) in [5.41, 5.74) is 3.23. The Morgan fingerprint density at radius 3 is 2.47 bits per heavy atom. The van der Waals surface area contributed by atoms with Gasteiger partial charge in [-0.2, -0.15) is 0 Å². The van der Waals surface area contributed by atoms with Gasteiger partial charge >= 0.3 is 0 Å². The van der Waals surface area contributed by atoms with Gasteiger partial charge in [-0.1, -0.05) is 12.1 Å². The summed E-state index contributed by atoms with van der Waals surface area (Å²) in [7, 11) is 0. The van der Waals surface area contributed by atoms with Gasteiger partial charge in [0.05, 0.1) is 0 Å². The van der Waals surface area contributed by atoms with Crippen molar-refractivity contribution in [3.63, 3.8) is 0 Å². The van der Waals surface area contributed by atoms with Crippen LogP contribution in [0.5, 0.6) is 0 Å². The molecule has 8 nitrogen and oxygen atoms in total. The molecule has 9 heteroatoms. The molecule has 1 amide bonds. The molecule has 0 bridgehead atoms. The largest absolute Gasteiger partial charge is 0.436 e. The normalized spacial score (nSPS) is 11.0. The maximum absolute atomic E-state index is 12.8. The minimum Gasteiger partial charge on any atom is -0.436 e. The second-order valence-electron chi connectivity index (χ2n) is 6.39. The Morgan fingerprint density at radius 1 is 0.933 bits per heavy atom. The van der Waals surface area contributed by atoms with E-state index in [1.165, 1.54) is 12.7 Å². The Balaban J connectivity index is 1.37. The van der Waals surface area contributed by atoms with E-state index in [1.807, 2.05) is 36.4 Å². The van der Waals surface area contributed by atoms with Gasteiger partial charge in [-0.3, -0.25) is 9.36 Å². The van der Waals surface area contributed by atoms with Crippen LogP contribution in [0.15, 0.2) is 82.2 Å². The minimum absolute atomic E-state index is 0.254. The molecule has 3 heterocycles. The van der Waals surface area contributed by atoms with Crippen molar-refractivity contribution in [1.82, 2.24) is 24.7 Å². The smallest absolute Gasteiger partial charge is 0.275 e. The summed E-state index contributed by atoms with van der Waals surface area (Å²) < 4.78 is 7.99. The maximum Gasteiger partial charge on any atom is 0.275 e. The van der Waals surface area contributed by atoms with Crippen molar-refractivity contribution >= 4 is 38.6 Å². The van der Waals surface area contributed by atoms with Gasteiger partial charge in [0.15, 0.2) is 5.58 Å². The lowest BCUT2D eigenvalue weighted by Gasteiger charge is -2.08. The molecule has 5 rings (SSSR count). The second-order valence-corrected chi connectivity index (χ2v) is 7.24. The third kappa shape index (κ3) is 3.46. The molecular weight excluding hydrogens is 448 g/mol. The first-order chi connectivity index (χ1) is 14.7. The van der Waals surface area contributed by atoms with Crippen molar-refractivity contribution < 1.29 is 9.21 Å². The maximum atomic E-state index is 12.8. The summed E-state index contributed by atoms with van der Waals surface area (Å²) in [5.74, 6) is 0.728. The molecular formula is C21H13BrN6O2. The number of carbonyl (C=O) groups excluding carboxylic acids is 1. The lowest BCUT2D eigenvalue weighted by molar-refractivity contribution is 0.102. The molecule has 3 aromatic heterocycles. The molecule has 0 aliphatic rings. The predicted octanol–water partition coefficient (Wildman–Crippen LogP) is 4.49. The first-order valence-corrected chi connectivity index (χ1v) is 9.75. The number of hydrogen-bond donors (Lipinski definition) is 1.